The molecule has 28 heavy (non-hydrogen) atoms. The van der Waals surface area contributed by atoms with Gasteiger partial charge in [-0.15, -0.1) is 0 Å². The standard InChI is InChI=1S/C21H13Cl2FN2OS/c22-14-6-5-13(18(23)11-14)12-28-21-25-19-4-2-1-3-17(19)20(27)26(21)16-9-7-15(24)8-10-16/h1-11H,12H2. The van der Waals surface area contributed by atoms with Crippen molar-refractivity contribution in [2.24, 2.45) is 0 Å². The van der Waals surface area contributed by atoms with Gasteiger partial charge in [0.05, 0.1) is 16.6 Å². The van der Waals surface area contributed by atoms with Gasteiger partial charge in [-0.3, -0.25) is 9.36 Å². The third kappa shape index (κ3) is 3.78. The van der Waals surface area contributed by atoms with E-state index in [0.717, 1.165) is 5.56 Å². The minimum Gasteiger partial charge on any atom is -0.268 e. The Morgan fingerprint density at radius 3 is 2.50 bits per heavy atom. The highest BCUT2D eigenvalue weighted by molar-refractivity contribution is 7.98. The quantitative estimate of drug-likeness (QED) is 0.288. The fourth-order valence-corrected chi connectivity index (χ4v) is 4.38. The summed E-state index contributed by atoms with van der Waals surface area (Å²) >= 11 is 13.6. The Bertz CT molecular complexity index is 1230. The molecule has 140 valence electrons. The summed E-state index contributed by atoms with van der Waals surface area (Å²) in [6.07, 6.45) is 0. The Morgan fingerprint density at radius 1 is 1.00 bits per heavy atom. The van der Waals surface area contributed by atoms with E-state index in [9.17, 15) is 9.18 Å². The predicted molar refractivity (Wildman–Crippen MR) is 113 cm³/mol. The van der Waals surface area contributed by atoms with Crippen molar-refractivity contribution >= 4 is 45.9 Å². The molecule has 0 N–H and O–H groups in total. The van der Waals surface area contributed by atoms with E-state index in [1.165, 1.54) is 28.5 Å². The SMILES string of the molecule is O=c1c2ccccc2nc(SCc2ccc(Cl)cc2Cl)n1-c1ccc(F)cc1. The van der Waals surface area contributed by atoms with Crippen LogP contribution in [0.5, 0.6) is 0 Å². The van der Waals surface area contributed by atoms with Gasteiger partial charge in [-0.1, -0.05) is 53.2 Å². The van der Waals surface area contributed by atoms with Crippen LogP contribution in [-0.2, 0) is 5.75 Å². The summed E-state index contributed by atoms with van der Waals surface area (Å²) in [6, 6.07) is 18.2. The predicted octanol–water partition coefficient (Wildman–Crippen LogP) is 6.12. The van der Waals surface area contributed by atoms with Crippen molar-refractivity contribution in [2.45, 2.75) is 10.9 Å². The second-order valence-corrected chi connectivity index (χ2v) is 7.84. The summed E-state index contributed by atoms with van der Waals surface area (Å²) < 4.78 is 14.9. The lowest BCUT2D eigenvalue weighted by Gasteiger charge is -2.13. The van der Waals surface area contributed by atoms with Crippen LogP contribution in [0.1, 0.15) is 5.56 Å². The van der Waals surface area contributed by atoms with E-state index in [-0.39, 0.29) is 11.4 Å². The van der Waals surface area contributed by atoms with Gasteiger partial charge in [-0.2, -0.15) is 0 Å². The normalized spacial score (nSPS) is 11.1. The maximum atomic E-state index is 13.4. The Kier molecular flexibility index (Phi) is 5.40. The van der Waals surface area contributed by atoms with Gasteiger partial charge in [0.1, 0.15) is 5.82 Å². The zero-order chi connectivity index (χ0) is 19.7. The average Bonchev–Trinajstić information content (AvgIpc) is 2.68. The van der Waals surface area contributed by atoms with Crippen molar-refractivity contribution in [1.82, 2.24) is 9.55 Å². The van der Waals surface area contributed by atoms with Crippen LogP contribution in [0.3, 0.4) is 0 Å². The van der Waals surface area contributed by atoms with Crippen LogP contribution < -0.4 is 5.56 Å². The zero-order valence-electron chi connectivity index (χ0n) is 14.4. The second kappa shape index (κ2) is 7.95. The lowest BCUT2D eigenvalue weighted by molar-refractivity contribution is 0.627. The van der Waals surface area contributed by atoms with Gasteiger partial charge in [0.15, 0.2) is 5.16 Å². The molecule has 3 aromatic carbocycles. The van der Waals surface area contributed by atoms with E-state index in [1.807, 2.05) is 12.1 Å². The molecule has 0 spiro atoms. The smallest absolute Gasteiger partial charge is 0.266 e. The van der Waals surface area contributed by atoms with E-state index >= 15 is 0 Å². The number of thioether (sulfide) groups is 1. The largest absolute Gasteiger partial charge is 0.268 e. The lowest BCUT2D eigenvalue weighted by atomic mass is 10.2. The Balaban J connectivity index is 1.82. The van der Waals surface area contributed by atoms with Crippen LogP contribution in [0.25, 0.3) is 16.6 Å². The first-order valence-electron chi connectivity index (χ1n) is 8.37. The van der Waals surface area contributed by atoms with Crippen LogP contribution in [0.2, 0.25) is 10.0 Å². The minimum absolute atomic E-state index is 0.207. The average molecular weight is 431 g/mol. The highest BCUT2D eigenvalue weighted by Crippen LogP contribution is 2.29. The molecule has 0 amide bonds. The number of aromatic nitrogens is 2. The molecule has 4 rings (SSSR count). The maximum Gasteiger partial charge on any atom is 0.266 e. The number of hydrogen-bond acceptors (Lipinski definition) is 3. The number of nitrogens with zero attached hydrogens (tertiary/aromatic N) is 2. The van der Waals surface area contributed by atoms with Crippen molar-refractivity contribution in [3.8, 4) is 5.69 Å². The van der Waals surface area contributed by atoms with Gasteiger partial charge < -0.3 is 0 Å². The van der Waals surface area contributed by atoms with Gasteiger partial charge in [0, 0.05) is 15.8 Å². The highest BCUT2D eigenvalue weighted by atomic mass is 35.5. The summed E-state index contributed by atoms with van der Waals surface area (Å²) in [5, 5.41) is 2.12. The van der Waals surface area contributed by atoms with Crippen LogP contribution in [-0.4, -0.2) is 9.55 Å². The third-order valence-corrected chi connectivity index (χ3v) is 5.78. The summed E-state index contributed by atoms with van der Waals surface area (Å²) in [5.41, 5.74) is 1.83. The summed E-state index contributed by atoms with van der Waals surface area (Å²) in [5.74, 6) is 0.134. The topological polar surface area (TPSA) is 34.9 Å². The molecule has 0 radical (unpaired) electrons. The number of halogens is 3. The first-order chi connectivity index (χ1) is 13.5. The van der Waals surface area contributed by atoms with Crippen molar-refractivity contribution in [2.75, 3.05) is 0 Å². The minimum atomic E-state index is -0.368. The lowest BCUT2D eigenvalue weighted by Crippen LogP contribution is -2.21. The highest BCUT2D eigenvalue weighted by Gasteiger charge is 2.14. The number of rotatable bonds is 4. The molecule has 0 aliphatic carbocycles. The van der Waals surface area contributed by atoms with Crippen molar-refractivity contribution in [3.05, 3.63) is 98.5 Å². The summed E-state index contributed by atoms with van der Waals surface area (Å²) in [7, 11) is 0. The van der Waals surface area contributed by atoms with E-state index in [1.54, 1.807) is 42.5 Å². The first kappa shape index (κ1) is 19.0. The van der Waals surface area contributed by atoms with Gasteiger partial charge in [-0.05, 0) is 54.1 Å². The van der Waals surface area contributed by atoms with Crippen molar-refractivity contribution in [3.63, 3.8) is 0 Å². The molecule has 1 aromatic heterocycles. The fraction of sp³-hybridized carbons (Fsp3) is 0.0476. The molecule has 0 saturated carbocycles. The van der Waals surface area contributed by atoms with Gasteiger partial charge >= 0.3 is 0 Å². The molecule has 0 saturated heterocycles. The zero-order valence-corrected chi connectivity index (χ0v) is 16.7. The van der Waals surface area contributed by atoms with Gasteiger partial charge in [0.25, 0.3) is 5.56 Å². The summed E-state index contributed by atoms with van der Waals surface area (Å²) in [4.78, 5) is 17.8. The molecule has 3 nitrogen and oxygen atoms in total. The summed E-state index contributed by atoms with van der Waals surface area (Å²) in [6.45, 7) is 0. The van der Waals surface area contributed by atoms with Gasteiger partial charge in [0.2, 0.25) is 0 Å². The first-order valence-corrected chi connectivity index (χ1v) is 10.1. The molecular weight excluding hydrogens is 418 g/mol. The van der Waals surface area contributed by atoms with Gasteiger partial charge in [-0.25, -0.2) is 9.37 Å². The van der Waals surface area contributed by atoms with Crippen molar-refractivity contribution in [1.29, 1.82) is 0 Å². The van der Waals surface area contributed by atoms with Crippen LogP contribution in [0.4, 0.5) is 4.39 Å². The van der Waals surface area contributed by atoms with E-state index in [0.29, 0.717) is 37.5 Å². The third-order valence-electron chi connectivity index (χ3n) is 4.20. The van der Waals surface area contributed by atoms with E-state index in [4.69, 9.17) is 23.2 Å². The molecule has 4 aromatic rings. The number of hydrogen-bond donors (Lipinski definition) is 0. The molecule has 0 aliphatic heterocycles. The number of benzene rings is 3. The molecular formula is C21H13Cl2FN2OS. The fourth-order valence-electron chi connectivity index (χ4n) is 2.81. The van der Waals surface area contributed by atoms with Crippen LogP contribution in [0.15, 0.2) is 76.7 Å². The van der Waals surface area contributed by atoms with Crippen LogP contribution >= 0.6 is 35.0 Å². The molecule has 0 fully saturated rings. The van der Waals surface area contributed by atoms with Crippen molar-refractivity contribution < 1.29 is 4.39 Å². The Labute approximate surface area is 174 Å². The van der Waals surface area contributed by atoms with E-state index in [2.05, 4.69) is 4.98 Å². The van der Waals surface area contributed by atoms with E-state index < -0.39 is 0 Å². The van der Waals surface area contributed by atoms with Crippen LogP contribution in [0, 0.1) is 5.82 Å². The number of para-hydroxylation sites is 1. The molecule has 0 atom stereocenters. The molecule has 7 heteroatoms. The maximum absolute atomic E-state index is 13.4. The Morgan fingerprint density at radius 2 is 1.75 bits per heavy atom. The molecule has 0 unspecified atom stereocenters. The Hall–Kier alpha value is -2.34. The molecule has 0 aliphatic rings. The molecule has 1 heterocycles. The monoisotopic (exact) mass is 430 g/mol. The number of fused-ring (bicyclic) bond motifs is 1. The second-order valence-electron chi connectivity index (χ2n) is 6.05. The molecule has 0 bridgehead atoms.